The largest absolute Gasteiger partial charge is 0.497 e. The first kappa shape index (κ1) is 21.5. The highest BCUT2D eigenvalue weighted by molar-refractivity contribution is 5.88. The van der Waals surface area contributed by atoms with Crippen molar-refractivity contribution in [3.8, 4) is 11.5 Å². The number of nitrogens with one attached hydrogen (secondary N) is 3. The normalized spacial score (nSPS) is 11.7. The third-order valence-electron chi connectivity index (χ3n) is 5.17. The number of nitrogens with zero attached hydrogens (tertiary/aromatic N) is 2. The number of aromatic nitrogens is 2. The fourth-order valence-corrected chi connectivity index (χ4v) is 3.53. The molecule has 0 fully saturated rings. The molecule has 2 aromatic heterocycles. The molecule has 3 rings (SSSR count). The van der Waals surface area contributed by atoms with Gasteiger partial charge < -0.3 is 29.6 Å². The Hall–Kier alpha value is -3.16. The summed E-state index contributed by atoms with van der Waals surface area (Å²) >= 11 is 0. The smallest absolute Gasteiger partial charge is 0.190 e. The Bertz CT molecular complexity index is 986. The van der Waals surface area contributed by atoms with Gasteiger partial charge in [-0.25, -0.2) is 0 Å². The second kappa shape index (κ2) is 10.0. The molecule has 0 saturated carbocycles. The van der Waals surface area contributed by atoms with E-state index in [4.69, 9.17) is 14.0 Å². The molecule has 0 unspecified atom stereocenters. The van der Waals surface area contributed by atoms with Gasteiger partial charge in [0.25, 0.3) is 0 Å². The molecular weight excluding hydrogens is 382 g/mol. The molecule has 8 nitrogen and oxygen atoms in total. The number of hydrogen-bond acceptors (Lipinski definition) is 5. The molecule has 0 spiro atoms. The monoisotopic (exact) mass is 413 g/mol. The highest BCUT2D eigenvalue weighted by Gasteiger charge is 2.10. The minimum Gasteiger partial charge on any atom is -0.497 e. The van der Waals surface area contributed by atoms with Gasteiger partial charge in [0.2, 0.25) is 0 Å². The van der Waals surface area contributed by atoms with Crippen molar-refractivity contribution < 1.29 is 14.0 Å². The Balaban J connectivity index is 1.46. The average molecular weight is 414 g/mol. The van der Waals surface area contributed by atoms with Crippen LogP contribution in [0.15, 0.2) is 27.7 Å². The lowest BCUT2D eigenvalue weighted by atomic mass is 10.1. The van der Waals surface area contributed by atoms with E-state index >= 15 is 0 Å². The number of hydrogen-bond donors (Lipinski definition) is 3. The van der Waals surface area contributed by atoms with Crippen molar-refractivity contribution in [3.63, 3.8) is 0 Å². The van der Waals surface area contributed by atoms with Crippen LogP contribution in [-0.2, 0) is 12.8 Å². The van der Waals surface area contributed by atoms with E-state index in [-0.39, 0.29) is 0 Å². The summed E-state index contributed by atoms with van der Waals surface area (Å²) in [6, 6.07) is 6.04. The van der Waals surface area contributed by atoms with Crippen molar-refractivity contribution >= 4 is 16.9 Å². The Morgan fingerprint density at radius 3 is 2.57 bits per heavy atom. The minimum atomic E-state index is 0.770. The van der Waals surface area contributed by atoms with Crippen molar-refractivity contribution in [2.24, 2.45) is 4.99 Å². The molecule has 3 aromatic rings. The number of rotatable bonds is 9. The number of H-pyrrole nitrogens is 1. The maximum Gasteiger partial charge on any atom is 0.190 e. The first-order valence-electron chi connectivity index (χ1n) is 10.2. The molecule has 0 atom stereocenters. The third-order valence-corrected chi connectivity index (χ3v) is 5.17. The topological polar surface area (TPSA) is 96.7 Å². The molecule has 162 valence electrons. The van der Waals surface area contributed by atoms with Gasteiger partial charge in [-0.15, -0.1) is 0 Å². The second-order valence-corrected chi connectivity index (χ2v) is 7.17. The van der Waals surface area contributed by atoms with Crippen LogP contribution in [0.2, 0.25) is 0 Å². The lowest BCUT2D eigenvalue weighted by Crippen LogP contribution is -2.38. The van der Waals surface area contributed by atoms with E-state index in [0.29, 0.717) is 0 Å². The molecule has 30 heavy (non-hydrogen) atoms. The van der Waals surface area contributed by atoms with Crippen LogP contribution in [0.25, 0.3) is 10.9 Å². The van der Waals surface area contributed by atoms with Crippen LogP contribution in [0.4, 0.5) is 0 Å². The highest BCUT2D eigenvalue weighted by atomic mass is 16.5. The molecule has 0 aliphatic heterocycles. The summed E-state index contributed by atoms with van der Waals surface area (Å²) in [5.74, 6) is 3.27. The lowest BCUT2D eigenvalue weighted by Gasteiger charge is -2.11. The standard InChI is InChI=1S/C22H31N5O3/c1-14-18(15(2)30-27-14)8-10-25-22(23-3)24-9-6-7-16-11-19-20(26-16)12-17(28-4)13-21(19)29-5/h11-13,26H,6-10H2,1-5H3,(H2,23,24,25). The zero-order valence-corrected chi connectivity index (χ0v) is 18.4. The zero-order valence-electron chi connectivity index (χ0n) is 18.4. The molecule has 0 aliphatic carbocycles. The first-order valence-corrected chi connectivity index (χ1v) is 10.2. The Kier molecular flexibility index (Phi) is 7.21. The number of methoxy groups -OCH3 is 2. The molecule has 8 heteroatoms. The number of aryl methyl sites for hydroxylation is 3. The zero-order chi connectivity index (χ0) is 21.5. The Morgan fingerprint density at radius 1 is 1.10 bits per heavy atom. The fraction of sp³-hybridized carbons (Fsp3) is 0.455. The quantitative estimate of drug-likeness (QED) is 0.283. The molecule has 1 aromatic carbocycles. The SMILES string of the molecule is CN=C(NCCCc1cc2c(OC)cc(OC)cc2[nH]1)NCCc1c(C)noc1C. The summed E-state index contributed by atoms with van der Waals surface area (Å²) in [6.07, 6.45) is 2.74. The van der Waals surface area contributed by atoms with Crippen molar-refractivity contribution in [1.29, 1.82) is 0 Å². The lowest BCUT2D eigenvalue weighted by molar-refractivity contribution is 0.392. The molecule has 0 amide bonds. The van der Waals surface area contributed by atoms with Crippen LogP contribution in [0.3, 0.4) is 0 Å². The highest BCUT2D eigenvalue weighted by Crippen LogP contribution is 2.31. The minimum absolute atomic E-state index is 0.770. The van der Waals surface area contributed by atoms with Crippen LogP contribution in [-0.4, -0.2) is 50.5 Å². The Morgan fingerprint density at radius 2 is 1.90 bits per heavy atom. The van der Waals surface area contributed by atoms with Gasteiger partial charge in [0.15, 0.2) is 5.96 Å². The van der Waals surface area contributed by atoms with E-state index in [1.165, 1.54) is 5.69 Å². The second-order valence-electron chi connectivity index (χ2n) is 7.17. The van der Waals surface area contributed by atoms with Gasteiger partial charge in [-0.2, -0.15) is 0 Å². The van der Waals surface area contributed by atoms with Gasteiger partial charge in [-0.3, -0.25) is 4.99 Å². The summed E-state index contributed by atoms with van der Waals surface area (Å²) in [6.45, 7) is 5.50. The molecule has 0 saturated heterocycles. The number of fused-ring (bicyclic) bond motifs is 1. The van der Waals surface area contributed by atoms with Crippen LogP contribution < -0.4 is 20.1 Å². The van der Waals surface area contributed by atoms with Crippen LogP contribution in [0.1, 0.15) is 29.1 Å². The Labute approximate surface area is 177 Å². The van der Waals surface area contributed by atoms with Crippen LogP contribution >= 0.6 is 0 Å². The summed E-state index contributed by atoms with van der Waals surface area (Å²) in [7, 11) is 5.11. The predicted molar refractivity (Wildman–Crippen MR) is 119 cm³/mol. The molecule has 0 aliphatic rings. The number of aliphatic imine (C=N–C) groups is 1. The van der Waals surface area contributed by atoms with Crippen LogP contribution in [0, 0.1) is 13.8 Å². The fourth-order valence-electron chi connectivity index (χ4n) is 3.53. The number of aromatic amines is 1. The van der Waals surface area contributed by atoms with E-state index in [2.05, 4.69) is 31.8 Å². The maximum absolute atomic E-state index is 5.49. The molecule has 2 heterocycles. The third kappa shape index (κ3) is 5.06. The number of benzene rings is 1. The summed E-state index contributed by atoms with van der Waals surface area (Å²) in [5.41, 5.74) is 4.29. The van der Waals surface area contributed by atoms with E-state index in [1.807, 2.05) is 26.0 Å². The summed E-state index contributed by atoms with van der Waals surface area (Å²) in [5, 5.41) is 11.8. The average Bonchev–Trinajstić information content (AvgIpc) is 3.31. The van der Waals surface area contributed by atoms with Crippen LogP contribution in [0.5, 0.6) is 11.5 Å². The van der Waals surface area contributed by atoms with E-state index in [9.17, 15) is 0 Å². The number of guanidine groups is 1. The first-order chi connectivity index (χ1) is 14.5. The van der Waals surface area contributed by atoms with Gasteiger partial charge in [-0.05, 0) is 39.2 Å². The summed E-state index contributed by atoms with van der Waals surface area (Å²) in [4.78, 5) is 7.75. The number of ether oxygens (including phenoxy) is 2. The molecule has 0 bridgehead atoms. The summed E-state index contributed by atoms with van der Waals surface area (Å²) < 4.78 is 16.0. The molecule has 3 N–H and O–H groups in total. The van der Waals surface area contributed by atoms with Crippen molar-refractivity contribution in [2.75, 3.05) is 34.4 Å². The van der Waals surface area contributed by atoms with Gasteiger partial charge >= 0.3 is 0 Å². The van der Waals surface area contributed by atoms with Gasteiger partial charge in [0.1, 0.15) is 17.3 Å². The van der Waals surface area contributed by atoms with E-state index in [1.54, 1.807) is 21.3 Å². The van der Waals surface area contributed by atoms with Gasteiger partial charge in [0, 0.05) is 48.9 Å². The molecule has 0 radical (unpaired) electrons. The maximum atomic E-state index is 5.49. The van der Waals surface area contributed by atoms with Gasteiger partial charge in [0.05, 0.1) is 25.4 Å². The van der Waals surface area contributed by atoms with Crippen molar-refractivity contribution in [1.82, 2.24) is 20.8 Å². The van der Waals surface area contributed by atoms with Gasteiger partial charge in [-0.1, -0.05) is 5.16 Å². The van der Waals surface area contributed by atoms with E-state index in [0.717, 1.165) is 77.7 Å². The van der Waals surface area contributed by atoms with Crippen molar-refractivity contribution in [3.05, 3.63) is 40.9 Å². The van der Waals surface area contributed by atoms with Crippen molar-refractivity contribution in [2.45, 2.75) is 33.1 Å². The predicted octanol–water partition coefficient (Wildman–Crippen LogP) is 3.13. The molecular formula is C22H31N5O3. The van der Waals surface area contributed by atoms with E-state index < -0.39 is 0 Å².